The van der Waals surface area contributed by atoms with Crippen molar-refractivity contribution in [3.05, 3.63) is 84.3 Å². The van der Waals surface area contributed by atoms with E-state index in [-0.39, 0.29) is 5.91 Å². The molecule has 0 aliphatic carbocycles. The Kier molecular flexibility index (Phi) is 5.59. The third kappa shape index (κ3) is 4.06. The number of carbonyl (C=O) groups is 1. The number of benzene rings is 2. The molecule has 5 heteroatoms. The summed E-state index contributed by atoms with van der Waals surface area (Å²) in [6.45, 7) is 3.36. The molecule has 0 radical (unpaired) electrons. The molecule has 1 amide bonds. The van der Waals surface area contributed by atoms with E-state index in [1.165, 1.54) is 0 Å². The van der Waals surface area contributed by atoms with Crippen LogP contribution in [0.5, 0.6) is 0 Å². The molecular weight excluding hydrogens is 324 g/mol. The van der Waals surface area contributed by atoms with Gasteiger partial charge in [-0.2, -0.15) is 0 Å². The van der Waals surface area contributed by atoms with Crippen LogP contribution in [0.1, 0.15) is 23.0 Å². The molecule has 0 bridgehead atoms. The van der Waals surface area contributed by atoms with Gasteiger partial charge >= 0.3 is 0 Å². The Morgan fingerprint density at radius 2 is 1.58 bits per heavy atom. The topological polar surface area (TPSA) is 49.3 Å². The molecule has 0 aliphatic rings. The van der Waals surface area contributed by atoms with E-state index in [0.29, 0.717) is 12.2 Å². The number of hydrogen-bond donors (Lipinski definition) is 0. The Balaban J connectivity index is 1.73. The molecule has 0 unspecified atom stereocenters. The van der Waals surface area contributed by atoms with Crippen LogP contribution in [-0.2, 0) is 6.54 Å². The van der Waals surface area contributed by atoms with Gasteiger partial charge in [-0.1, -0.05) is 48.5 Å². The van der Waals surface area contributed by atoms with E-state index < -0.39 is 0 Å². The highest BCUT2D eigenvalue weighted by atomic mass is 16.2. The lowest BCUT2D eigenvalue weighted by atomic mass is 10.2. The maximum absolute atomic E-state index is 12.6. The number of amides is 1. The minimum atomic E-state index is -0.143. The second-order valence-corrected chi connectivity index (χ2v) is 5.99. The summed E-state index contributed by atoms with van der Waals surface area (Å²) >= 11 is 0. The summed E-state index contributed by atoms with van der Waals surface area (Å²) in [5, 5.41) is 0. The number of anilines is 2. The summed E-state index contributed by atoms with van der Waals surface area (Å²) in [6, 6.07) is 19.9. The molecule has 2 aromatic carbocycles. The first-order valence-electron chi connectivity index (χ1n) is 8.63. The van der Waals surface area contributed by atoms with Gasteiger partial charge in [-0.3, -0.25) is 4.79 Å². The highest BCUT2D eigenvalue weighted by Gasteiger charge is 2.15. The Labute approximate surface area is 153 Å². The van der Waals surface area contributed by atoms with Crippen LogP contribution >= 0.6 is 0 Å². The third-order valence-corrected chi connectivity index (χ3v) is 4.13. The van der Waals surface area contributed by atoms with Gasteiger partial charge in [0.2, 0.25) is 0 Å². The standard InChI is InChI=1S/C21H22N4O/c1-3-25(18-12-8-5-9-13-18)20-15-22-19(14-23-20)21(26)24(2)16-17-10-6-4-7-11-17/h4-15H,3,16H2,1-2H3. The number of nitrogens with zero attached hydrogens (tertiary/aromatic N) is 4. The first kappa shape index (κ1) is 17.6. The van der Waals surface area contributed by atoms with Crippen molar-refractivity contribution < 1.29 is 4.79 Å². The normalized spacial score (nSPS) is 10.4. The maximum Gasteiger partial charge on any atom is 0.274 e. The van der Waals surface area contributed by atoms with Crippen molar-refractivity contribution in [2.45, 2.75) is 13.5 Å². The first-order chi connectivity index (χ1) is 12.7. The Morgan fingerprint density at radius 1 is 0.923 bits per heavy atom. The zero-order chi connectivity index (χ0) is 18.4. The van der Waals surface area contributed by atoms with Gasteiger partial charge < -0.3 is 9.80 Å². The van der Waals surface area contributed by atoms with Gasteiger partial charge in [-0.25, -0.2) is 9.97 Å². The summed E-state index contributed by atoms with van der Waals surface area (Å²) in [6.07, 6.45) is 3.20. The number of para-hydroxylation sites is 1. The van der Waals surface area contributed by atoms with Crippen LogP contribution in [0.15, 0.2) is 73.1 Å². The second kappa shape index (κ2) is 8.25. The minimum absolute atomic E-state index is 0.143. The molecule has 132 valence electrons. The predicted molar refractivity (Wildman–Crippen MR) is 103 cm³/mol. The van der Waals surface area contributed by atoms with Crippen LogP contribution in [0.3, 0.4) is 0 Å². The molecule has 0 fully saturated rings. The maximum atomic E-state index is 12.6. The van der Waals surface area contributed by atoms with Crippen LogP contribution in [0.4, 0.5) is 11.5 Å². The zero-order valence-corrected chi connectivity index (χ0v) is 15.0. The van der Waals surface area contributed by atoms with Gasteiger partial charge in [-0.15, -0.1) is 0 Å². The summed E-state index contributed by atoms with van der Waals surface area (Å²) < 4.78 is 0. The summed E-state index contributed by atoms with van der Waals surface area (Å²) in [7, 11) is 1.77. The van der Waals surface area contributed by atoms with Crippen LogP contribution in [0.2, 0.25) is 0 Å². The van der Waals surface area contributed by atoms with Crippen LogP contribution in [-0.4, -0.2) is 34.4 Å². The molecular formula is C21H22N4O. The molecule has 0 saturated heterocycles. The molecule has 26 heavy (non-hydrogen) atoms. The molecule has 3 aromatic rings. The molecule has 0 spiro atoms. The van der Waals surface area contributed by atoms with E-state index in [9.17, 15) is 4.79 Å². The van der Waals surface area contributed by atoms with Crippen LogP contribution < -0.4 is 4.90 Å². The third-order valence-electron chi connectivity index (χ3n) is 4.13. The highest BCUT2D eigenvalue weighted by Crippen LogP contribution is 2.22. The molecule has 0 N–H and O–H groups in total. The number of carbonyl (C=O) groups excluding carboxylic acids is 1. The fraction of sp³-hybridized carbons (Fsp3) is 0.190. The van der Waals surface area contributed by atoms with E-state index in [2.05, 4.69) is 21.8 Å². The number of aromatic nitrogens is 2. The molecule has 3 rings (SSSR count). The Hall–Kier alpha value is -3.21. The summed E-state index contributed by atoms with van der Waals surface area (Å²) in [5.41, 5.74) is 2.47. The van der Waals surface area contributed by atoms with Gasteiger partial charge in [0.15, 0.2) is 5.82 Å². The van der Waals surface area contributed by atoms with Crippen molar-refractivity contribution in [2.75, 3.05) is 18.5 Å². The molecule has 0 saturated carbocycles. The van der Waals surface area contributed by atoms with Crippen LogP contribution in [0, 0.1) is 0 Å². The van der Waals surface area contributed by atoms with E-state index >= 15 is 0 Å². The lowest BCUT2D eigenvalue weighted by Gasteiger charge is -2.22. The molecule has 1 aromatic heterocycles. The average Bonchev–Trinajstić information content (AvgIpc) is 2.70. The fourth-order valence-electron chi connectivity index (χ4n) is 2.78. The summed E-state index contributed by atoms with van der Waals surface area (Å²) in [4.78, 5) is 25.1. The Bertz CT molecular complexity index is 835. The summed E-state index contributed by atoms with van der Waals surface area (Å²) in [5.74, 6) is 0.580. The molecule has 1 heterocycles. The minimum Gasteiger partial charge on any atom is -0.336 e. The molecule has 0 atom stereocenters. The quantitative estimate of drug-likeness (QED) is 0.679. The monoisotopic (exact) mass is 346 g/mol. The van der Waals surface area contributed by atoms with Crippen molar-refractivity contribution in [1.29, 1.82) is 0 Å². The predicted octanol–water partition coefficient (Wildman–Crippen LogP) is 3.91. The Morgan fingerprint density at radius 3 is 2.15 bits per heavy atom. The largest absolute Gasteiger partial charge is 0.336 e. The molecule has 5 nitrogen and oxygen atoms in total. The van der Waals surface area contributed by atoms with E-state index in [4.69, 9.17) is 0 Å². The van der Waals surface area contributed by atoms with E-state index in [0.717, 1.165) is 23.6 Å². The lowest BCUT2D eigenvalue weighted by molar-refractivity contribution is 0.0779. The smallest absolute Gasteiger partial charge is 0.274 e. The van der Waals surface area contributed by atoms with Crippen molar-refractivity contribution in [1.82, 2.24) is 14.9 Å². The van der Waals surface area contributed by atoms with Gasteiger partial charge in [0, 0.05) is 25.8 Å². The number of hydrogen-bond acceptors (Lipinski definition) is 4. The first-order valence-corrected chi connectivity index (χ1v) is 8.63. The highest BCUT2D eigenvalue weighted by molar-refractivity contribution is 5.91. The van der Waals surface area contributed by atoms with Gasteiger partial charge in [0.1, 0.15) is 5.69 Å². The molecule has 0 aliphatic heterocycles. The lowest BCUT2D eigenvalue weighted by Crippen LogP contribution is -2.27. The van der Waals surface area contributed by atoms with Crippen molar-refractivity contribution in [2.24, 2.45) is 0 Å². The average molecular weight is 346 g/mol. The second-order valence-electron chi connectivity index (χ2n) is 5.99. The SMILES string of the molecule is CCN(c1ccccc1)c1cnc(C(=O)N(C)Cc2ccccc2)cn1. The van der Waals surface area contributed by atoms with Crippen molar-refractivity contribution >= 4 is 17.4 Å². The van der Waals surface area contributed by atoms with Gasteiger partial charge in [0.05, 0.1) is 12.4 Å². The van der Waals surface area contributed by atoms with Crippen molar-refractivity contribution in [3.63, 3.8) is 0 Å². The van der Waals surface area contributed by atoms with Crippen molar-refractivity contribution in [3.8, 4) is 0 Å². The van der Waals surface area contributed by atoms with Gasteiger partial charge in [-0.05, 0) is 24.6 Å². The number of rotatable bonds is 6. The van der Waals surface area contributed by atoms with Crippen LogP contribution in [0.25, 0.3) is 0 Å². The van der Waals surface area contributed by atoms with E-state index in [1.807, 2.05) is 60.7 Å². The fourth-order valence-corrected chi connectivity index (χ4v) is 2.78. The van der Waals surface area contributed by atoms with E-state index in [1.54, 1.807) is 24.3 Å². The van der Waals surface area contributed by atoms with Gasteiger partial charge in [0.25, 0.3) is 5.91 Å². The zero-order valence-electron chi connectivity index (χ0n) is 15.0.